The summed E-state index contributed by atoms with van der Waals surface area (Å²) in [5.74, 6) is 0.590. The molecule has 0 aliphatic carbocycles. The van der Waals surface area contributed by atoms with E-state index in [0.29, 0.717) is 18.0 Å². The average Bonchev–Trinajstić information content (AvgIpc) is 2.54. The molecule has 6 heteroatoms. The lowest BCUT2D eigenvalue weighted by atomic mass is 9.93. The van der Waals surface area contributed by atoms with Gasteiger partial charge >= 0.3 is 0 Å². The Kier molecular flexibility index (Phi) is 8.79. The first-order valence-electron chi connectivity index (χ1n) is 8.46. The number of piperidine rings is 1. The van der Waals surface area contributed by atoms with Crippen LogP contribution in [0.25, 0.3) is 0 Å². The van der Waals surface area contributed by atoms with Crippen LogP contribution in [0.2, 0.25) is 0 Å². The molecule has 0 aromatic heterocycles. The Hall–Kier alpha value is -1.59. The number of anilines is 2. The number of rotatable bonds is 6. The van der Waals surface area contributed by atoms with E-state index in [0.717, 1.165) is 38.0 Å². The van der Waals surface area contributed by atoms with Gasteiger partial charge in [0.15, 0.2) is 0 Å². The van der Waals surface area contributed by atoms with Gasteiger partial charge in [-0.05, 0) is 56.5 Å². The second-order valence-corrected chi connectivity index (χ2v) is 6.50. The summed E-state index contributed by atoms with van der Waals surface area (Å²) in [6.07, 6.45) is 3.80. The standard InChI is InChI=1S/C18H27N3O2.ClH/c1-13(2)18(23)21-16-5-3-4-15(12-16)20-17(22)7-6-14-8-10-19-11-9-14;/h3-5,12-14,19H,6-11H2,1-2H3,(H,20,22)(H,21,23);1H. The van der Waals surface area contributed by atoms with Crippen molar-refractivity contribution in [2.75, 3.05) is 23.7 Å². The topological polar surface area (TPSA) is 70.2 Å². The van der Waals surface area contributed by atoms with Crippen molar-refractivity contribution in [1.29, 1.82) is 0 Å². The molecule has 0 atom stereocenters. The number of amides is 2. The van der Waals surface area contributed by atoms with E-state index in [1.807, 2.05) is 32.0 Å². The van der Waals surface area contributed by atoms with E-state index in [-0.39, 0.29) is 30.1 Å². The first-order valence-corrected chi connectivity index (χ1v) is 8.46. The van der Waals surface area contributed by atoms with Crippen molar-refractivity contribution in [3.63, 3.8) is 0 Å². The summed E-state index contributed by atoms with van der Waals surface area (Å²) in [5, 5.41) is 9.10. The van der Waals surface area contributed by atoms with Crippen LogP contribution in [0.1, 0.15) is 39.5 Å². The molecular weight excluding hydrogens is 326 g/mol. The van der Waals surface area contributed by atoms with Crippen molar-refractivity contribution in [1.82, 2.24) is 5.32 Å². The molecule has 5 nitrogen and oxygen atoms in total. The zero-order valence-corrected chi connectivity index (χ0v) is 15.2. The highest BCUT2D eigenvalue weighted by Gasteiger charge is 2.14. The summed E-state index contributed by atoms with van der Waals surface area (Å²) < 4.78 is 0. The Morgan fingerprint density at radius 1 is 1.17 bits per heavy atom. The van der Waals surface area contributed by atoms with E-state index < -0.39 is 0 Å². The van der Waals surface area contributed by atoms with Gasteiger partial charge < -0.3 is 16.0 Å². The van der Waals surface area contributed by atoms with Crippen LogP contribution in [-0.2, 0) is 9.59 Å². The Morgan fingerprint density at radius 3 is 2.42 bits per heavy atom. The monoisotopic (exact) mass is 353 g/mol. The Labute approximate surface area is 150 Å². The van der Waals surface area contributed by atoms with Gasteiger partial charge in [-0.3, -0.25) is 9.59 Å². The maximum Gasteiger partial charge on any atom is 0.226 e. The van der Waals surface area contributed by atoms with E-state index in [9.17, 15) is 9.59 Å². The second kappa shape index (κ2) is 10.3. The van der Waals surface area contributed by atoms with Crippen LogP contribution in [0.15, 0.2) is 24.3 Å². The van der Waals surface area contributed by atoms with Crippen molar-refractivity contribution in [2.45, 2.75) is 39.5 Å². The van der Waals surface area contributed by atoms with Crippen molar-refractivity contribution in [3.8, 4) is 0 Å². The summed E-state index contributed by atoms with van der Waals surface area (Å²) in [4.78, 5) is 23.8. The van der Waals surface area contributed by atoms with Crippen LogP contribution in [0.4, 0.5) is 11.4 Å². The predicted molar refractivity (Wildman–Crippen MR) is 101 cm³/mol. The molecule has 0 unspecified atom stereocenters. The highest BCUT2D eigenvalue weighted by molar-refractivity contribution is 5.94. The average molecular weight is 354 g/mol. The molecule has 134 valence electrons. The fourth-order valence-corrected chi connectivity index (χ4v) is 2.69. The van der Waals surface area contributed by atoms with Crippen molar-refractivity contribution in [2.24, 2.45) is 11.8 Å². The second-order valence-electron chi connectivity index (χ2n) is 6.50. The van der Waals surface area contributed by atoms with Gasteiger partial charge in [0.1, 0.15) is 0 Å². The van der Waals surface area contributed by atoms with Gasteiger partial charge in [-0.15, -0.1) is 12.4 Å². The summed E-state index contributed by atoms with van der Waals surface area (Å²) in [6.45, 7) is 5.82. The number of carbonyl (C=O) groups excluding carboxylic acids is 2. The SMILES string of the molecule is CC(C)C(=O)Nc1cccc(NC(=O)CCC2CCNCC2)c1.Cl. The molecule has 1 saturated heterocycles. The maximum absolute atomic E-state index is 12.1. The lowest BCUT2D eigenvalue weighted by molar-refractivity contribution is -0.119. The van der Waals surface area contributed by atoms with E-state index in [1.165, 1.54) is 0 Å². The summed E-state index contributed by atoms with van der Waals surface area (Å²) in [5.41, 5.74) is 1.43. The third-order valence-corrected chi connectivity index (χ3v) is 4.18. The highest BCUT2D eigenvalue weighted by atomic mass is 35.5. The molecule has 3 N–H and O–H groups in total. The van der Waals surface area contributed by atoms with Gasteiger partial charge in [-0.25, -0.2) is 0 Å². The van der Waals surface area contributed by atoms with E-state index in [2.05, 4.69) is 16.0 Å². The number of nitrogens with one attached hydrogen (secondary N) is 3. The normalized spacial score (nSPS) is 14.8. The Bertz CT molecular complexity index is 543. The third kappa shape index (κ3) is 6.89. The molecule has 2 rings (SSSR count). The van der Waals surface area contributed by atoms with Crippen LogP contribution >= 0.6 is 12.4 Å². The molecule has 0 spiro atoms. The van der Waals surface area contributed by atoms with Crippen LogP contribution in [0.3, 0.4) is 0 Å². The highest BCUT2D eigenvalue weighted by Crippen LogP contribution is 2.19. The molecular formula is C18H28ClN3O2. The van der Waals surface area contributed by atoms with Gasteiger partial charge in [-0.1, -0.05) is 19.9 Å². The Morgan fingerprint density at radius 2 is 1.79 bits per heavy atom. The van der Waals surface area contributed by atoms with Crippen LogP contribution in [0.5, 0.6) is 0 Å². The van der Waals surface area contributed by atoms with E-state index in [1.54, 1.807) is 6.07 Å². The van der Waals surface area contributed by atoms with Gasteiger partial charge in [0.05, 0.1) is 0 Å². The van der Waals surface area contributed by atoms with Gasteiger partial charge in [-0.2, -0.15) is 0 Å². The van der Waals surface area contributed by atoms with Crippen LogP contribution < -0.4 is 16.0 Å². The first kappa shape index (κ1) is 20.5. The maximum atomic E-state index is 12.1. The van der Waals surface area contributed by atoms with Crippen molar-refractivity contribution < 1.29 is 9.59 Å². The third-order valence-electron chi connectivity index (χ3n) is 4.18. The van der Waals surface area contributed by atoms with E-state index >= 15 is 0 Å². The number of hydrogen-bond donors (Lipinski definition) is 3. The quantitative estimate of drug-likeness (QED) is 0.733. The van der Waals surface area contributed by atoms with Crippen molar-refractivity contribution >= 4 is 35.6 Å². The zero-order valence-electron chi connectivity index (χ0n) is 14.4. The van der Waals surface area contributed by atoms with Crippen LogP contribution in [0, 0.1) is 11.8 Å². The minimum absolute atomic E-state index is 0. The molecule has 1 aliphatic rings. The molecule has 0 radical (unpaired) electrons. The largest absolute Gasteiger partial charge is 0.326 e. The molecule has 1 fully saturated rings. The summed E-state index contributed by atoms with van der Waals surface area (Å²) >= 11 is 0. The Balaban J connectivity index is 0.00000288. The predicted octanol–water partition coefficient (Wildman–Crippen LogP) is 3.42. The van der Waals surface area contributed by atoms with Gasteiger partial charge in [0.2, 0.25) is 11.8 Å². The smallest absolute Gasteiger partial charge is 0.226 e. The van der Waals surface area contributed by atoms with Gasteiger partial charge in [0.25, 0.3) is 0 Å². The molecule has 1 heterocycles. The molecule has 1 aromatic carbocycles. The molecule has 2 amide bonds. The molecule has 24 heavy (non-hydrogen) atoms. The molecule has 0 bridgehead atoms. The number of carbonyl (C=O) groups is 2. The first-order chi connectivity index (χ1) is 11.0. The van der Waals surface area contributed by atoms with Gasteiger partial charge in [0, 0.05) is 23.7 Å². The minimum atomic E-state index is -0.0711. The molecule has 1 aliphatic heterocycles. The van der Waals surface area contributed by atoms with Crippen molar-refractivity contribution in [3.05, 3.63) is 24.3 Å². The molecule has 1 aromatic rings. The molecule has 0 saturated carbocycles. The zero-order chi connectivity index (χ0) is 16.7. The van der Waals surface area contributed by atoms with E-state index in [4.69, 9.17) is 0 Å². The minimum Gasteiger partial charge on any atom is -0.326 e. The fourth-order valence-electron chi connectivity index (χ4n) is 2.69. The lowest BCUT2D eigenvalue weighted by Gasteiger charge is -2.22. The summed E-state index contributed by atoms with van der Waals surface area (Å²) in [7, 11) is 0. The fraction of sp³-hybridized carbons (Fsp3) is 0.556. The number of benzene rings is 1. The number of hydrogen-bond acceptors (Lipinski definition) is 3. The summed E-state index contributed by atoms with van der Waals surface area (Å²) in [6, 6.07) is 7.29. The number of halogens is 1. The van der Waals surface area contributed by atoms with Crippen LogP contribution in [-0.4, -0.2) is 24.9 Å². The lowest BCUT2D eigenvalue weighted by Crippen LogP contribution is -2.28.